The second-order valence-electron chi connectivity index (χ2n) is 5.14. The quantitative estimate of drug-likeness (QED) is 0.773. The topological polar surface area (TPSA) is 95.7 Å². The van der Waals surface area contributed by atoms with Crippen LogP contribution in [0, 0.1) is 0 Å². The fourth-order valence-corrected chi connectivity index (χ4v) is 2.91. The van der Waals surface area contributed by atoms with Crippen molar-refractivity contribution in [2.75, 3.05) is 0 Å². The summed E-state index contributed by atoms with van der Waals surface area (Å²) in [6.45, 7) is 1.89. The predicted molar refractivity (Wildman–Crippen MR) is 96.0 cm³/mol. The van der Waals surface area contributed by atoms with Crippen LogP contribution >= 0.6 is 0 Å². The van der Waals surface area contributed by atoms with E-state index in [-0.39, 0.29) is 5.56 Å². The molecule has 0 unspecified atom stereocenters. The molecule has 136 valence electrons. The van der Waals surface area contributed by atoms with E-state index >= 15 is 0 Å². The van der Waals surface area contributed by atoms with Gasteiger partial charge in [-0.25, -0.2) is 0 Å². The lowest BCUT2D eigenvalue weighted by atomic mass is 10.0. The van der Waals surface area contributed by atoms with E-state index in [9.17, 15) is 13.2 Å². The SMILES string of the molecule is [2H]c1c([2H])c([2H])c(C([2H])([2H])S(=O)(=O)OC2=C(N)O[C@@]([2H])(c3ccc(CC)cc3)C2=O)c([2H])c1[2H]. The van der Waals surface area contributed by atoms with E-state index in [1.54, 1.807) is 12.1 Å². The number of ketones is 1. The molecule has 26 heavy (non-hydrogen) atoms. The molecule has 0 saturated carbocycles. The highest BCUT2D eigenvalue weighted by atomic mass is 32.2. The number of ether oxygens (including phenoxy) is 1. The van der Waals surface area contributed by atoms with Crippen molar-refractivity contribution in [1.29, 1.82) is 0 Å². The molecule has 7 heteroatoms. The lowest BCUT2D eigenvalue weighted by Gasteiger charge is -2.10. The van der Waals surface area contributed by atoms with Gasteiger partial charge in [0.05, 0.1) is 11.0 Å². The summed E-state index contributed by atoms with van der Waals surface area (Å²) < 4.78 is 98.5. The highest BCUT2D eigenvalue weighted by Gasteiger charge is 2.39. The highest BCUT2D eigenvalue weighted by molar-refractivity contribution is 7.86. The molecule has 0 amide bonds. The maximum absolute atomic E-state index is 12.9. The van der Waals surface area contributed by atoms with Crippen LogP contribution in [0.15, 0.2) is 66.1 Å². The Morgan fingerprint density at radius 3 is 2.50 bits per heavy atom. The molecular weight excluding hydrogens is 354 g/mol. The average molecular weight is 381 g/mol. The van der Waals surface area contributed by atoms with Crippen LogP contribution in [0.5, 0.6) is 0 Å². The first-order valence-corrected chi connectivity index (χ1v) is 8.85. The fourth-order valence-electron chi connectivity index (χ4n) is 2.13. The molecule has 1 aliphatic heterocycles. The minimum atomic E-state index is -5.55. The minimum absolute atomic E-state index is 0.0160. The molecule has 1 heterocycles. The van der Waals surface area contributed by atoms with Gasteiger partial charge in [-0.15, -0.1) is 0 Å². The zero-order chi connectivity index (χ0) is 25.8. The number of rotatable bonds is 6. The zero-order valence-electron chi connectivity index (χ0n) is 21.5. The third-order valence-electron chi connectivity index (χ3n) is 3.39. The third kappa shape index (κ3) is 3.88. The standard InChI is InChI=1S/C19H19NO5S/c1-2-13-8-10-15(11-9-13)17-16(21)18(19(20)24-17)25-26(22,23)12-14-6-4-3-5-7-14/h3-11,17H,2,12,20H2,1H3/t17-/m0/s1/i3D,4D,5D,6D,7D,12D2,17D. The molecule has 1 atom stereocenters. The van der Waals surface area contributed by atoms with Gasteiger partial charge >= 0.3 is 10.1 Å². The van der Waals surface area contributed by atoms with Gasteiger partial charge in [0.15, 0.2) is 6.08 Å². The number of carbonyl (C=O) groups excluding carboxylic acids is 1. The predicted octanol–water partition coefficient (Wildman–Crippen LogP) is 2.56. The van der Waals surface area contributed by atoms with Crippen molar-refractivity contribution >= 4 is 15.9 Å². The van der Waals surface area contributed by atoms with E-state index in [1.807, 2.05) is 6.92 Å². The number of benzene rings is 2. The molecule has 2 aromatic rings. The van der Waals surface area contributed by atoms with E-state index in [1.165, 1.54) is 12.1 Å². The van der Waals surface area contributed by atoms with Gasteiger partial charge in [0, 0.05) is 5.56 Å². The van der Waals surface area contributed by atoms with E-state index in [4.69, 9.17) is 21.4 Å². The van der Waals surface area contributed by atoms with Crippen LogP contribution < -0.4 is 5.73 Å². The summed E-state index contributed by atoms with van der Waals surface area (Å²) in [5.74, 6) is -3.37. The first-order chi connectivity index (χ1) is 15.6. The first-order valence-electron chi connectivity index (χ1n) is 11.4. The third-order valence-corrected chi connectivity index (χ3v) is 4.23. The Labute approximate surface area is 163 Å². The maximum Gasteiger partial charge on any atom is 0.313 e. The van der Waals surface area contributed by atoms with Gasteiger partial charge in [-0.2, -0.15) is 8.42 Å². The number of hydrogen-bond donors (Lipinski definition) is 1. The van der Waals surface area contributed by atoms with Crippen LogP contribution in [0.2, 0.25) is 0 Å². The van der Waals surface area contributed by atoms with Crippen LogP contribution in [-0.2, 0) is 36.0 Å². The summed E-state index contributed by atoms with van der Waals surface area (Å²) >= 11 is 0. The summed E-state index contributed by atoms with van der Waals surface area (Å²) in [6, 6.07) is 1.10. The average Bonchev–Trinajstić information content (AvgIpc) is 2.99. The molecule has 0 bridgehead atoms. The van der Waals surface area contributed by atoms with Gasteiger partial charge in [0.2, 0.25) is 17.4 Å². The smallest absolute Gasteiger partial charge is 0.313 e. The molecule has 0 spiro atoms. The number of aryl methyl sites for hydroxylation is 1. The van der Waals surface area contributed by atoms with E-state index in [0.717, 1.165) is 5.56 Å². The molecule has 0 saturated heterocycles. The number of nitrogens with two attached hydrogens (primary N) is 1. The first kappa shape index (κ1) is 10.4. The summed E-state index contributed by atoms with van der Waals surface area (Å²) in [5.41, 5.74) is 1.59. The number of hydrogen-bond acceptors (Lipinski definition) is 6. The number of Topliss-reactive ketones (excluding diaryl/α,β-unsaturated/α-hetero) is 1. The Bertz CT molecular complexity index is 1300. The van der Waals surface area contributed by atoms with Gasteiger partial charge in [-0.1, -0.05) is 61.4 Å². The largest absolute Gasteiger partial charge is 0.460 e. The summed E-state index contributed by atoms with van der Waals surface area (Å²) in [7, 11) is -5.55. The van der Waals surface area contributed by atoms with Crippen molar-refractivity contribution in [1.82, 2.24) is 0 Å². The van der Waals surface area contributed by atoms with Gasteiger partial charge < -0.3 is 14.7 Å². The fraction of sp³-hybridized carbons (Fsp3) is 0.211. The van der Waals surface area contributed by atoms with E-state index < -0.39 is 75.1 Å². The molecule has 0 aliphatic carbocycles. The second kappa shape index (κ2) is 7.21. The Morgan fingerprint density at radius 1 is 1.23 bits per heavy atom. The van der Waals surface area contributed by atoms with Crippen molar-refractivity contribution < 1.29 is 33.1 Å². The van der Waals surface area contributed by atoms with Crippen molar-refractivity contribution in [3.8, 4) is 0 Å². The molecular formula is C19H19NO5S. The molecule has 0 aromatic heterocycles. The lowest BCUT2D eigenvalue weighted by Crippen LogP contribution is -2.16. The maximum atomic E-state index is 12.9. The van der Waals surface area contributed by atoms with Crippen molar-refractivity contribution in [2.24, 2.45) is 5.73 Å². The Morgan fingerprint density at radius 2 is 1.88 bits per heavy atom. The molecule has 6 nitrogen and oxygen atoms in total. The second-order valence-corrected chi connectivity index (χ2v) is 6.42. The van der Waals surface area contributed by atoms with Crippen LogP contribution in [0.4, 0.5) is 0 Å². The van der Waals surface area contributed by atoms with Crippen LogP contribution in [0.1, 0.15) is 40.7 Å². The molecule has 0 radical (unpaired) electrons. The van der Waals surface area contributed by atoms with Crippen molar-refractivity contribution in [3.63, 3.8) is 0 Å². The van der Waals surface area contributed by atoms with Crippen molar-refractivity contribution in [3.05, 3.63) is 82.8 Å². The van der Waals surface area contributed by atoms with Crippen molar-refractivity contribution in [2.45, 2.75) is 25.1 Å². The molecule has 0 fully saturated rings. The Kier molecular flexibility index (Phi) is 2.88. The van der Waals surface area contributed by atoms with Gasteiger partial charge in [-0.05, 0) is 17.5 Å². The summed E-state index contributed by atoms with van der Waals surface area (Å²) in [4.78, 5) is 12.9. The Balaban J connectivity index is 2.02. The zero-order valence-corrected chi connectivity index (χ0v) is 14.4. The molecule has 3 rings (SSSR count). The molecule has 2 aromatic carbocycles. The lowest BCUT2D eigenvalue weighted by molar-refractivity contribution is -0.123. The van der Waals surface area contributed by atoms with E-state index in [0.29, 0.717) is 6.42 Å². The monoisotopic (exact) mass is 381 g/mol. The summed E-state index contributed by atoms with van der Waals surface area (Å²) in [6.07, 6.45) is -1.82. The normalized spacial score (nSPS) is 25.0. The van der Waals surface area contributed by atoms with Gasteiger partial charge in [0.1, 0.15) is 5.70 Å². The number of carbonyl (C=O) groups is 1. The molecule has 1 aliphatic rings. The molecule has 2 N–H and O–H groups in total. The van der Waals surface area contributed by atoms with E-state index in [2.05, 4.69) is 4.18 Å². The highest BCUT2D eigenvalue weighted by Crippen LogP contribution is 2.32. The Hall–Kier alpha value is -2.80. The van der Waals surface area contributed by atoms with Crippen LogP contribution in [0.25, 0.3) is 0 Å². The van der Waals surface area contributed by atoms with Crippen LogP contribution in [-0.4, -0.2) is 14.2 Å². The summed E-state index contributed by atoms with van der Waals surface area (Å²) in [5, 5.41) is 0. The minimum Gasteiger partial charge on any atom is -0.460 e. The van der Waals surface area contributed by atoms with Gasteiger partial charge in [-0.3, -0.25) is 4.79 Å². The van der Waals surface area contributed by atoms with Gasteiger partial charge in [0.25, 0.3) is 0 Å². The van der Waals surface area contributed by atoms with Crippen LogP contribution in [0.3, 0.4) is 0 Å².